The van der Waals surface area contributed by atoms with Crippen LogP contribution in [0.25, 0.3) is 0 Å². The lowest BCUT2D eigenvalue weighted by Gasteiger charge is -2.12. The van der Waals surface area contributed by atoms with E-state index in [0.29, 0.717) is 12.2 Å². The molecule has 0 aliphatic heterocycles. The Morgan fingerprint density at radius 3 is 2.64 bits per heavy atom. The second kappa shape index (κ2) is 5.70. The minimum Gasteiger partial charge on any atom is -0.458 e. The fraction of sp³-hybridized carbons (Fsp3) is 0.364. The Hall–Kier alpha value is -0.960. The van der Waals surface area contributed by atoms with Crippen molar-refractivity contribution in [2.24, 2.45) is 0 Å². The smallest absolute Gasteiger partial charge is 0.307 e. The highest BCUT2D eigenvalue weighted by Crippen LogP contribution is 2.16. The summed E-state index contributed by atoms with van der Waals surface area (Å²) in [6.07, 6.45) is 0.184. The van der Waals surface area contributed by atoms with Crippen LogP contribution in [0.15, 0.2) is 30.3 Å². The van der Waals surface area contributed by atoms with E-state index in [9.17, 15) is 4.79 Å². The molecule has 1 aromatic carbocycles. The van der Waals surface area contributed by atoms with Crippen LogP contribution in [0.2, 0.25) is 0 Å². The van der Waals surface area contributed by atoms with Crippen LogP contribution < -0.4 is 0 Å². The van der Waals surface area contributed by atoms with Gasteiger partial charge in [-0.05, 0) is 12.5 Å². The summed E-state index contributed by atoms with van der Waals surface area (Å²) in [7, 11) is 0. The average Bonchev–Trinajstić information content (AvgIpc) is 2.19. The summed E-state index contributed by atoms with van der Waals surface area (Å²) in [6, 6.07) is 9.68. The summed E-state index contributed by atoms with van der Waals surface area (Å²) in [5.41, 5.74) is 1.01. The van der Waals surface area contributed by atoms with Crippen molar-refractivity contribution in [3.05, 3.63) is 35.9 Å². The van der Waals surface area contributed by atoms with E-state index in [0.717, 1.165) is 5.56 Å². The Bertz CT molecular complexity index is 285. The molecule has 2 nitrogen and oxygen atoms in total. The lowest BCUT2D eigenvalue weighted by Crippen LogP contribution is -2.08. The first-order valence-corrected chi connectivity index (χ1v) is 5.22. The molecule has 0 heterocycles. The minimum absolute atomic E-state index is 0.177. The van der Waals surface area contributed by atoms with Gasteiger partial charge in [0.15, 0.2) is 0 Å². The number of rotatable bonds is 4. The van der Waals surface area contributed by atoms with Crippen LogP contribution in [-0.2, 0) is 9.53 Å². The number of hydrogen-bond acceptors (Lipinski definition) is 3. The Morgan fingerprint density at radius 1 is 1.43 bits per heavy atom. The molecule has 76 valence electrons. The van der Waals surface area contributed by atoms with Crippen molar-refractivity contribution in [2.45, 2.75) is 19.4 Å². The SMILES string of the molecule is CC(OC(=O)CCS)c1ccccc1. The average molecular weight is 210 g/mol. The number of carbonyl (C=O) groups is 1. The number of esters is 1. The van der Waals surface area contributed by atoms with Crippen LogP contribution in [-0.4, -0.2) is 11.7 Å². The predicted molar refractivity (Wildman–Crippen MR) is 59.4 cm³/mol. The van der Waals surface area contributed by atoms with Crippen molar-refractivity contribution in [2.75, 3.05) is 5.75 Å². The van der Waals surface area contributed by atoms with Gasteiger partial charge in [0.2, 0.25) is 0 Å². The van der Waals surface area contributed by atoms with E-state index >= 15 is 0 Å². The summed E-state index contributed by atoms with van der Waals surface area (Å²) >= 11 is 3.97. The van der Waals surface area contributed by atoms with Crippen molar-refractivity contribution in [1.29, 1.82) is 0 Å². The molecule has 0 aliphatic rings. The van der Waals surface area contributed by atoms with Crippen molar-refractivity contribution in [1.82, 2.24) is 0 Å². The van der Waals surface area contributed by atoms with Crippen molar-refractivity contribution >= 4 is 18.6 Å². The van der Waals surface area contributed by atoms with Crippen LogP contribution in [0.5, 0.6) is 0 Å². The predicted octanol–water partition coefficient (Wildman–Crippen LogP) is 2.61. The maximum absolute atomic E-state index is 11.2. The van der Waals surface area contributed by atoms with E-state index in [1.807, 2.05) is 37.3 Å². The summed E-state index contributed by atoms with van der Waals surface area (Å²) in [6.45, 7) is 1.87. The molecule has 0 radical (unpaired) electrons. The van der Waals surface area contributed by atoms with Crippen molar-refractivity contribution in [3.63, 3.8) is 0 Å². The molecule has 0 N–H and O–H groups in total. The van der Waals surface area contributed by atoms with Gasteiger partial charge in [0.1, 0.15) is 6.10 Å². The number of ether oxygens (including phenoxy) is 1. The first-order chi connectivity index (χ1) is 6.74. The summed E-state index contributed by atoms with van der Waals surface area (Å²) in [5, 5.41) is 0. The van der Waals surface area contributed by atoms with Crippen LogP contribution in [0, 0.1) is 0 Å². The Kier molecular flexibility index (Phi) is 4.53. The fourth-order valence-electron chi connectivity index (χ4n) is 1.14. The monoisotopic (exact) mass is 210 g/mol. The largest absolute Gasteiger partial charge is 0.458 e. The number of thiol groups is 1. The molecule has 0 saturated heterocycles. The maximum atomic E-state index is 11.2. The quantitative estimate of drug-likeness (QED) is 0.610. The summed E-state index contributed by atoms with van der Waals surface area (Å²) in [5.74, 6) is 0.330. The molecule has 0 saturated carbocycles. The lowest BCUT2D eigenvalue weighted by atomic mass is 10.1. The van der Waals surface area contributed by atoms with E-state index in [4.69, 9.17) is 4.74 Å². The third kappa shape index (κ3) is 3.42. The zero-order valence-electron chi connectivity index (χ0n) is 8.14. The molecule has 1 unspecified atom stereocenters. The van der Waals surface area contributed by atoms with Gasteiger partial charge in [0.25, 0.3) is 0 Å². The molecule has 0 aliphatic carbocycles. The third-order valence-corrected chi connectivity index (χ3v) is 2.12. The first-order valence-electron chi connectivity index (χ1n) is 4.59. The highest BCUT2D eigenvalue weighted by Gasteiger charge is 2.09. The molecule has 0 amide bonds. The second-order valence-electron chi connectivity index (χ2n) is 3.02. The molecular formula is C11H14O2S. The highest BCUT2D eigenvalue weighted by molar-refractivity contribution is 7.80. The number of carbonyl (C=O) groups excluding carboxylic acids is 1. The van der Waals surface area contributed by atoms with E-state index in [2.05, 4.69) is 12.6 Å². The minimum atomic E-state index is -0.198. The zero-order chi connectivity index (χ0) is 10.4. The van der Waals surface area contributed by atoms with Crippen molar-refractivity contribution < 1.29 is 9.53 Å². The van der Waals surface area contributed by atoms with Gasteiger partial charge in [-0.15, -0.1) is 0 Å². The van der Waals surface area contributed by atoms with Gasteiger partial charge in [-0.2, -0.15) is 12.6 Å². The standard InChI is InChI=1S/C11H14O2S/c1-9(13-11(12)7-8-14)10-5-3-2-4-6-10/h2-6,9,14H,7-8H2,1H3. The molecule has 1 rings (SSSR count). The Balaban J connectivity index is 2.50. The van der Waals surface area contributed by atoms with E-state index in [1.54, 1.807) is 0 Å². The zero-order valence-corrected chi connectivity index (χ0v) is 9.04. The Labute approximate surface area is 89.7 Å². The van der Waals surface area contributed by atoms with E-state index in [1.165, 1.54) is 0 Å². The lowest BCUT2D eigenvalue weighted by molar-refractivity contribution is -0.148. The topological polar surface area (TPSA) is 26.3 Å². The highest BCUT2D eigenvalue weighted by atomic mass is 32.1. The van der Waals surface area contributed by atoms with Gasteiger partial charge < -0.3 is 4.74 Å². The maximum Gasteiger partial charge on any atom is 0.307 e. The molecule has 1 atom stereocenters. The van der Waals surface area contributed by atoms with Crippen LogP contribution in [0.3, 0.4) is 0 Å². The van der Waals surface area contributed by atoms with Crippen molar-refractivity contribution in [3.8, 4) is 0 Å². The van der Waals surface area contributed by atoms with Gasteiger partial charge in [-0.25, -0.2) is 0 Å². The molecule has 0 fully saturated rings. The second-order valence-corrected chi connectivity index (χ2v) is 3.46. The number of benzene rings is 1. The molecule has 1 aromatic rings. The number of hydrogen-bond donors (Lipinski definition) is 1. The van der Waals surface area contributed by atoms with Crippen LogP contribution >= 0.6 is 12.6 Å². The van der Waals surface area contributed by atoms with Gasteiger partial charge in [0.05, 0.1) is 6.42 Å². The molecule has 14 heavy (non-hydrogen) atoms. The summed E-state index contributed by atoms with van der Waals surface area (Å²) < 4.78 is 5.19. The van der Waals surface area contributed by atoms with E-state index < -0.39 is 0 Å². The molecule has 0 aromatic heterocycles. The molecule has 0 bridgehead atoms. The molecular weight excluding hydrogens is 196 g/mol. The first kappa shape index (κ1) is 11.1. The van der Waals surface area contributed by atoms with Crippen LogP contribution in [0.4, 0.5) is 0 Å². The molecule has 0 spiro atoms. The van der Waals surface area contributed by atoms with E-state index in [-0.39, 0.29) is 12.1 Å². The van der Waals surface area contributed by atoms with Gasteiger partial charge >= 0.3 is 5.97 Å². The molecule has 3 heteroatoms. The van der Waals surface area contributed by atoms with Gasteiger partial charge in [-0.1, -0.05) is 30.3 Å². The third-order valence-electron chi connectivity index (χ3n) is 1.89. The van der Waals surface area contributed by atoms with Gasteiger partial charge in [-0.3, -0.25) is 4.79 Å². The fourth-order valence-corrected chi connectivity index (χ4v) is 1.32. The van der Waals surface area contributed by atoms with Gasteiger partial charge in [0, 0.05) is 5.75 Å². The van der Waals surface area contributed by atoms with Crippen LogP contribution in [0.1, 0.15) is 25.0 Å². The Morgan fingerprint density at radius 2 is 2.07 bits per heavy atom. The normalized spacial score (nSPS) is 12.1. The summed E-state index contributed by atoms with van der Waals surface area (Å²) in [4.78, 5) is 11.2.